The summed E-state index contributed by atoms with van der Waals surface area (Å²) >= 11 is 23.4. The quantitative estimate of drug-likeness (QED) is 0.553. The highest BCUT2D eigenvalue weighted by Crippen LogP contribution is 2.32. The number of para-hydroxylation sites is 1. The molecule has 0 saturated heterocycles. The molecule has 0 aliphatic rings. The van der Waals surface area contributed by atoms with Gasteiger partial charge in [-0.1, -0.05) is 40.9 Å². The van der Waals surface area contributed by atoms with Crippen molar-refractivity contribution in [3.05, 3.63) is 56.0 Å². The topological polar surface area (TPSA) is 20.7 Å². The van der Waals surface area contributed by atoms with Gasteiger partial charge in [-0.05, 0) is 30.4 Å². The average molecular weight is 348 g/mol. The van der Waals surface area contributed by atoms with Crippen LogP contribution < -0.4 is 0 Å². The molecule has 0 saturated carbocycles. The number of nitrogens with zero attached hydrogens (tertiary/aromatic N) is 1. The summed E-state index contributed by atoms with van der Waals surface area (Å²) in [6.07, 6.45) is 0. The van der Waals surface area contributed by atoms with Crippen LogP contribution >= 0.6 is 47.0 Å². The first-order chi connectivity index (χ1) is 9.49. The maximum atomic E-state index is 13.7. The van der Waals surface area contributed by atoms with Crippen LogP contribution in [0.3, 0.4) is 0 Å². The van der Waals surface area contributed by atoms with E-state index in [4.69, 9.17) is 47.0 Å². The molecule has 102 valence electrons. The third kappa shape index (κ3) is 2.13. The molecule has 20 heavy (non-hydrogen) atoms. The number of halogens is 4. The number of H-pyrrole nitrogens is 1. The molecule has 3 rings (SSSR count). The lowest BCUT2D eigenvalue weighted by Crippen LogP contribution is -1.96. The zero-order chi connectivity index (χ0) is 14.4. The highest BCUT2D eigenvalue weighted by atomic mass is 35.5. The van der Waals surface area contributed by atoms with E-state index in [1.807, 2.05) is 0 Å². The zero-order valence-corrected chi connectivity index (χ0v) is 12.8. The van der Waals surface area contributed by atoms with Gasteiger partial charge < -0.3 is 4.98 Å². The van der Waals surface area contributed by atoms with Crippen molar-refractivity contribution in [1.82, 2.24) is 9.55 Å². The number of aromatic amines is 1. The highest BCUT2D eigenvalue weighted by Gasteiger charge is 2.15. The molecule has 7 heteroatoms. The summed E-state index contributed by atoms with van der Waals surface area (Å²) in [5.74, 6) is -0.537. The lowest BCUT2D eigenvalue weighted by molar-refractivity contribution is 0.629. The zero-order valence-electron chi connectivity index (χ0n) is 9.75. The Bertz CT molecular complexity index is 865. The van der Waals surface area contributed by atoms with Gasteiger partial charge in [0.1, 0.15) is 5.82 Å². The number of hydrogen-bond acceptors (Lipinski definition) is 1. The molecule has 3 aromatic rings. The first-order valence-electron chi connectivity index (χ1n) is 5.53. The molecule has 0 aliphatic heterocycles. The number of hydrogen-bond donors (Lipinski definition) is 1. The van der Waals surface area contributed by atoms with Crippen molar-refractivity contribution in [2.24, 2.45) is 0 Å². The van der Waals surface area contributed by atoms with E-state index in [9.17, 15) is 4.39 Å². The van der Waals surface area contributed by atoms with Crippen LogP contribution in [0, 0.1) is 10.6 Å². The number of imidazole rings is 1. The molecular weight excluding hydrogens is 342 g/mol. The number of benzene rings is 2. The van der Waals surface area contributed by atoms with E-state index in [-0.39, 0.29) is 5.02 Å². The molecule has 0 fully saturated rings. The molecule has 0 spiro atoms. The van der Waals surface area contributed by atoms with E-state index in [0.29, 0.717) is 31.5 Å². The molecule has 1 aromatic heterocycles. The number of rotatable bonds is 1. The van der Waals surface area contributed by atoms with Crippen molar-refractivity contribution >= 4 is 58.1 Å². The maximum absolute atomic E-state index is 13.7. The second kappa shape index (κ2) is 5.04. The van der Waals surface area contributed by atoms with E-state index in [0.717, 1.165) is 0 Å². The molecule has 1 N–H and O–H groups in total. The van der Waals surface area contributed by atoms with Crippen molar-refractivity contribution in [1.29, 1.82) is 0 Å². The molecule has 0 amide bonds. The second-order valence-electron chi connectivity index (χ2n) is 4.12. The van der Waals surface area contributed by atoms with E-state index in [1.54, 1.807) is 22.8 Å². The van der Waals surface area contributed by atoms with Crippen LogP contribution in [0.15, 0.2) is 30.3 Å². The Morgan fingerprint density at radius 1 is 1.05 bits per heavy atom. The molecule has 2 nitrogen and oxygen atoms in total. The summed E-state index contributed by atoms with van der Waals surface area (Å²) < 4.78 is 15.6. The van der Waals surface area contributed by atoms with Gasteiger partial charge in [0.2, 0.25) is 0 Å². The average Bonchev–Trinajstić information content (AvgIpc) is 2.67. The summed E-state index contributed by atoms with van der Waals surface area (Å²) in [7, 11) is 0. The summed E-state index contributed by atoms with van der Waals surface area (Å²) in [5, 5.41) is 0.862. The van der Waals surface area contributed by atoms with Crippen molar-refractivity contribution in [3.63, 3.8) is 0 Å². The van der Waals surface area contributed by atoms with Crippen LogP contribution in [0.4, 0.5) is 4.39 Å². The summed E-state index contributed by atoms with van der Waals surface area (Å²) in [5.41, 5.74) is 1.64. The molecule has 0 radical (unpaired) electrons. The van der Waals surface area contributed by atoms with E-state index in [1.165, 1.54) is 12.1 Å². The molecule has 2 aromatic carbocycles. The minimum atomic E-state index is -0.537. The summed E-state index contributed by atoms with van der Waals surface area (Å²) in [6, 6.07) is 7.88. The fourth-order valence-electron chi connectivity index (χ4n) is 2.03. The lowest BCUT2D eigenvalue weighted by atomic mass is 10.2. The largest absolute Gasteiger partial charge is 0.330 e. The standard InChI is InChI=1S/C13H6Cl3FN2S/c14-6-2-1-3-7(15)12(6)19-11-5-9(17)8(16)4-10(11)18-13(19)20/h1-5H,(H,18,20). The molecule has 0 atom stereocenters. The molecule has 1 heterocycles. The van der Waals surface area contributed by atoms with Gasteiger partial charge >= 0.3 is 0 Å². The first kappa shape index (κ1) is 13.9. The van der Waals surface area contributed by atoms with Crippen molar-refractivity contribution in [3.8, 4) is 5.69 Å². The Hall–Kier alpha value is -1.07. The lowest BCUT2D eigenvalue weighted by Gasteiger charge is -2.09. The fraction of sp³-hybridized carbons (Fsp3) is 0. The van der Waals surface area contributed by atoms with Crippen LogP contribution in [0.25, 0.3) is 16.7 Å². The minimum Gasteiger partial charge on any atom is -0.330 e. The summed E-state index contributed by atoms with van der Waals surface area (Å²) in [4.78, 5) is 2.96. The van der Waals surface area contributed by atoms with Crippen LogP contribution in [0.2, 0.25) is 15.1 Å². The molecular formula is C13H6Cl3FN2S. The smallest absolute Gasteiger partial charge is 0.182 e. The van der Waals surface area contributed by atoms with Crippen molar-refractivity contribution in [2.75, 3.05) is 0 Å². The van der Waals surface area contributed by atoms with E-state index >= 15 is 0 Å². The third-order valence-corrected chi connectivity index (χ3v) is 4.07. The Morgan fingerprint density at radius 2 is 1.70 bits per heavy atom. The maximum Gasteiger partial charge on any atom is 0.182 e. The Kier molecular flexibility index (Phi) is 3.50. The van der Waals surface area contributed by atoms with Gasteiger partial charge in [0.05, 0.1) is 31.8 Å². The van der Waals surface area contributed by atoms with Gasteiger partial charge in [0.25, 0.3) is 0 Å². The second-order valence-corrected chi connectivity index (χ2v) is 5.73. The van der Waals surface area contributed by atoms with Crippen LogP contribution in [-0.2, 0) is 0 Å². The Morgan fingerprint density at radius 3 is 2.35 bits per heavy atom. The van der Waals surface area contributed by atoms with Gasteiger partial charge in [0.15, 0.2) is 4.77 Å². The number of nitrogens with one attached hydrogen (secondary N) is 1. The SMILES string of the molecule is Fc1cc2c(cc1Cl)[nH]c(=S)n2-c1c(Cl)cccc1Cl. The van der Waals surface area contributed by atoms with Crippen molar-refractivity contribution < 1.29 is 4.39 Å². The van der Waals surface area contributed by atoms with Crippen LogP contribution in [0.5, 0.6) is 0 Å². The predicted octanol–water partition coefficient (Wildman–Crippen LogP) is 5.79. The van der Waals surface area contributed by atoms with Gasteiger partial charge in [-0.25, -0.2) is 4.39 Å². The minimum absolute atomic E-state index is 0.0196. The fourth-order valence-corrected chi connectivity index (χ4v) is 3.06. The number of aromatic nitrogens is 2. The van der Waals surface area contributed by atoms with Crippen LogP contribution in [0.1, 0.15) is 0 Å². The van der Waals surface area contributed by atoms with Crippen molar-refractivity contribution in [2.45, 2.75) is 0 Å². The van der Waals surface area contributed by atoms with Gasteiger partial charge in [-0.2, -0.15) is 0 Å². The van der Waals surface area contributed by atoms with Gasteiger partial charge in [-0.15, -0.1) is 0 Å². The molecule has 0 bridgehead atoms. The normalized spacial score (nSPS) is 11.2. The highest BCUT2D eigenvalue weighted by molar-refractivity contribution is 7.71. The molecule has 0 aliphatic carbocycles. The van der Waals surface area contributed by atoms with E-state index < -0.39 is 5.82 Å². The summed E-state index contributed by atoms with van der Waals surface area (Å²) in [6.45, 7) is 0. The third-order valence-electron chi connectivity index (χ3n) is 2.89. The monoisotopic (exact) mass is 346 g/mol. The number of fused-ring (bicyclic) bond motifs is 1. The first-order valence-corrected chi connectivity index (χ1v) is 7.07. The molecule has 0 unspecified atom stereocenters. The van der Waals surface area contributed by atoms with Gasteiger partial charge in [-0.3, -0.25) is 4.57 Å². The Balaban J connectivity index is 2.46. The van der Waals surface area contributed by atoms with Crippen LogP contribution in [-0.4, -0.2) is 9.55 Å². The van der Waals surface area contributed by atoms with E-state index in [2.05, 4.69) is 4.98 Å². The van der Waals surface area contributed by atoms with Gasteiger partial charge in [0, 0.05) is 6.07 Å². The predicted molar refractivity (Wildman–Crippen MR) is 83.4 cm³/mol. The Labute approximate surface area is 133 Å².